The van der Waals surface area contributed by atoms with Crippen molar-refractivity contribution in [3.05, 3.63) is 58.1 Å². The van der Waals surface area contributed by atoms with Gasteiger partial charge < -0.3 is 15.4 Å². The Labute approximate surface area is 144 Å². The standard InChI is InChI=1S/C17H16Cl2N2O2/c1-23-13-5-2-11(3-6-13)17(8-9-17)21-16(22)20-15-10-12(18)4-7-14(15)19/h2-7,10H,8-9H2,1H3,(H2,20,21,22). The summed E-state index contributed by atoms with van der Waals surface area (Å²) in [6, 6.07) is 12.4. The second kappa shape index (κ2) is 6.30. The van der Waals surface area contributed by atoms with E-state index in [4.69, 9.17) is 27.9 Å². The van der Waals surface area contributed by atoms with Crippen LogP contribution in [0.25, 0.3) is 0 Å². The number of nitrogens with one attached hydrogen (secondary N) is 2. The van der Waals surface area contributed by atoms with Crippen molar-refractivity contribution >= 4 is 34.9 Å². The first kappa shape index (κ1) is 16.0. The fourth-order valence-electron chi connectivity index (χ4n) is 2.49. The Morgan fingerprint density at radius 3 is 2.43 bits per heavy atom. The summed E-state index contributed by atoms with van der Waals surface area (Å²) < 4.78 is 5.16. The summed E-state index contributed by atoms with van der Waals surface area (Å²) in [5.41, 5.74) is 1.23. The van der Waals surface area contributed by atoms with E-state index >= 15 is 0 Å². The third-order valence-corrected chi connectivity index (χ3v) is 4.49. The highest BCUT2D eigenvalue weighted by atomic mass is 35.5. The number of methoxy groups -OCH3 is 1. The van der Waals surface area contributed by atoms with Crippen molar-refractivity contribution in [2.75, 3.05) is 12.4 Å². The quantitative estimate of drug-likeness (QED) is 0.830. The molecule has 0 atom stereocenters. The molecule has 0 saturated heterocycles. The number of rotatable bonds is 4. The normalized spacial score (nSPS) is 14.9. The molecule has 120 valence electrons. The fourth-order valence-corrected chi connectivity index (χ4v) is 2.82. The van der Waals surface area contributed by atoms with Gasteiger partial charge in [-0.3, -0.25) is 0 Å². The van der Waals surface area contributed by atoms with Gasteiger partial charge in [0, 0.05) is 5.02 Å². The zero-order valence-corrected chi connectivity index (χ0v) is 14.0. The summed E-state index contributed by atoms with van der Waals surface area (Å²) in [5.74, 6) is 0.791. The van der Waals surface area contributed by atoms with Crippen LogP contribution in [0.3, 0.4) is 0 Å². The first-order valence-electron chi connectivity index (χ1n) is 7.21. The molecule has 1 aliphatic carbocycles. The summed E-state index contributed by atoms with van der Waals surface area (Å²) in [7, 11) is 1.63. The molecule has 2 aromatic rings. The van der Waals surface area contributed by atoms with Gasteiger partial charge >= 0.3 is 6.03 Å². The van der Waals surface area contributed by atoms with Crippen LogP contribution < -0.4 is 15.4 Å². The largest absolute Gasteiger partial charge is 0.497 e. The summed E-state index contributed by atoms with van der Waals surface area (Å²) in [6.45, 7) is 0. The zero-order valence-electron chi connectivity index (χ0n) is 12.5. The van der Waals surface area contributed by atoms with Gasteiger partial charge in [-0.15, -0.1) is 0 Å². The van der Waals surface area contributed by atoms with Crippen molar-refractivity contribution in [3.8, 4) is 5.75 Å². The number of hydrogen-bond donors (Lipinski definition) is 2. The summed E-state index contributed by atoms with van der Waals surface area (Å²) in [6.07, 6.45) is 1.80. The molecule has 6 heteroatoms. The topological polar surface area (TPSA) is 50.4 Å². The van der Waals surface area contributed by atoms with Crippen molar-refractivity contribution in [2.45, 2.75) is 18.4 Å². The molecule has 0 spiro atoms. The lowest BCUT2D eigenvalue weighted by Gasteiger charge is -2.19. The summed E-state index contributed by atoms with van der Waals surface area (Å²) in [5, 5.41) is 6.73. The maximum absolute atomic E-state index is 12.3. The first-order chi connectivity index (χ1) is 11.0. The molecule has 3 rings (SSSR count). The summed E-state index contributed by atoms with van der Waals surface area (Å²) >= 11 is 12.0. The first-order valence-corrected chi connectivity index (χ1v) is 7.97. The van der Waals surface area contributed by atoms with Gasteiger partial charge in [0.2, 0.25) is 0 Å². The Hall–Kier alpha value is -1.91. The molecule has 0 aliphatic heterocycles. The van der Waals surface area contributed by atoms with Crippen LogP contribution in [0.5, 0.6) is 5.75 Å². The lowest BCUT2D eigenvalue weighted by atomic mass is 10.1. The second-order valence-electron chi connectivity index (χ2n) is 5.51. The third-order valence-electron chi connectivity index (χ3n) is 3.92. The smallest absolute Gasteiger partial charge is 0.319 e. The maximum Gasteiger partial charge on any atom is 0.319 e. The van der Waals surface area contributed by atoms with E-state index in [-0.39, 0.29) is 11.6 Å². The van der Waals surface area contributed by atoms with Gasteiger partial charge in [-0.1, -0.05) is 35.3 Å². The Morgan fingerprint density at radius 1 is 1.13 bits per heavy atom. The minimum Gasteiger partial charge on any atom is -0.497 e. The highest BCUT2D eigenvalue weighted by molar-refractivity contribution is 6.35. The highest BCUT2D eigenvalue weighted by Gasteiger charge is 2.45. The molecule has 1 saturated carbocycles. The van der Waals surface area contributed by atoms with Gasteiger partial charge in [0.05, 0.1) is 23.4 Å². The molecule has 1 aliphatic rings. The van der Waals surface area contributed by atoms with Crippen LogP contribution in [0.1, 0.15) is 18.4 Å². The van der Waals surface area contributed by atoms with E-state index in [2.05, 4.69) is 10.6 Å². The molecule has 0 bridgehead atoms. The Morgan fingerprint density at radius 2 is 1.83 bits per heavy atom. The number of urea groups is 1. The number of carbonyl (C=O) groups excluding carboxylic acids is 1. The van der Waals surface area contributed by atoms with Gasteiger partial charge in [0.25, 0.3) is 0 Å². The lowest BCUT2D eigenvalue weighted by molar-refractivity contribution is 0.247. The molecule has 1 fully saturated rings. The van der Waals surface area contributed by atoms with Crippen LogP contribution in [0.4, 0.5) is 10.5 Å². The van der Waals surface area contributed by atoms with Gasteiger partial charge in [-0.25, -0.2) is 4.79 Å². The average Bonchev–Trinajstić information content (AvgIpc) is 3.31. The monoisotopic (exact) mass is 350 g/mol. The van der Waals surface area contributed by atoms with E-state index in [1.54, 1.807) is 25.3 Å². The average molecular weight is 351 g/mol. The molecular formula is C17H16Cl2N2O2. The third kappa shape index (κ3) is 3.54. The molecule has 0 heterocycles. The molecule has 2 N–H and O–H groups in total. The maximum atomic E-state index is 12.3. The van der Waals surface area contributed by atoms with Crippen LogP contribution in [-0.4, -0.2) is 13.1 Å². The van der Waals surface area contributed by atoms with Crippen LogP contribution in [0.15, 0.2) is 42.5 Å². The Kier molecular flexibility index (Phi) is 4.37. The SMILES string of the molecule is COc1ccc(C2(NC(=O)Nc3cc(Cl)ccc3Cl)CC2)cc1. The molecule has 4 nitrogen and oxygen atoms in total. The van der Waals surface area contributed by atoms with Crippen LogP contribution in [0, 0.1) is 0 Å². The van der Waals surface area contributed by atoms with Crippen LogP contribution in [-0.2, 0) is 5.54 Å². The molecule has 0 radical (unpaired) electrons. The molecule has 0 unspecified atom stereocenters. The van der Waals surface area contributed by atoms with Crippen molar-refractivity contribution < 1.29 is 9.53 Å². The van der Waals surface area contributed by atoms with Crippen molar-refractivity contribution in [2.24, 2.45) is 0 Å². The van der Waals surface area contributed by atoms with E-state index in [1.165, 1.54) is 0 Å². The van der Waals surface area contributed by atoms with E-state index < -0.39 is 0 Å². The predicted molar refractivity (Wildman–Crippen MR) is 92.5 cm³/mol. The Bertz CT molecular complexity index is 728. The second-order valence-corrected chi connectivity index (χ2v) is 6.36. The molecular weight excluding hydrogens is 335 g/mol. The zero-order chi connectivity index (χ0) is 16.4. The van der Waals surface area contributed by atoms with Gasteiger partial charge in [0.15, 0.2) is 0 Å². The minimum atomic E-state index is -0.318. The Balaban J connectivity index is 1.70. The molecule has 2 amide bonds. The number of ether oxygens (including phenoxy) is 1. The number of halogens is 2. The number of carbonyl (C=O) groups is 1. The van der Waals surface area contributed by atoms with Gasteiger partial charge in [-0.2, -0.15) is 0 Å². The fraction of sp³-hybridized carbons (Fsp3) is 0.235. The highest BCUT2D eigenvalue weighted by Crippen LogP contribution is 2.45. The van der Waals surface area contributed by atoms with E-state index in [0.29, 0.717) is 15.7 Å². The van der Waals surface area contributed by atoms with Crippen molar-refractivity contribution in [1.82, 2.24) is 5.32 Å². The van der Waals surface area contributed by atoms with Gasteiger partial charge in [0.1, 0.15) is 5.75 Å². The van der Waals surface area contributed by atoms with Crippen LogP contribution >= 0.6 is 23.2 Å². The number of anilines is 1. The lowest BCUT2D eigenvalue weighted by Crippen LogP contribution is -2.38. The number of amides is 2. The van der Waals surface area contributed by atoms with E-state index in [1.807, 2.05) is 24.3 Å². The predicted octanol–water partition coefficient (Wildman–Crippen LogP) is 4.81. The number of benzene rings is 2. The van der Waals surface area contributed by atoms with Crippen molar-refractivity contribution in [3.63, 3.8) is 0 Å². The van der Waals surface area contributed by atoms with Crippen LogP contribution in [0.2, 0.25) is 10.0 Å². The molecule has 0 aromatic heterocycles. The minimum absolute atomic E-state index is 0.303. The van der Waals surface area contributed by atoms with Crippen molar-refractivity contribution in [1.29, 1.82) is 0 Å². The number of hydrogen-bond acceptors (Lipinski definition) is 2. The van der Waals surface area contributed by atoms with E-state index in [9.17, 15) is 4.79 Å². The molecule has 2 aromatic carbocycles. The molecule has 23 heavy (non-hydrogen) atoms. The summed E-state index contributed by atoms with van der Waals surface area (Å²) in [4.78, 5) is 12.3. The van der Waals surface area contributed by atoms with Gasteiger partial charge in [-0.05, 0) is 48.7 Å². The van der Waals surface area contributed by atoms with E-state index in [0.717, 1.165) is 24.2 Å².